The van der Waals surface area contributed by atoms with Crippen molar-refractivity contribution in [3.8, 4) is 12.3 Å². The third-order valence-corrected chi connectivity index (χ3v) is 4.07. The molecule has 2 N–H and O–H groups in total. The first kappa shape index (κ1) is 12.9. The van der Waals surface area contributed by atoms with E-state index >= 15 is 0 Å². The molecule has 1 saturated heterocycles. The number of nitrogens with zero attached hydrogens (tertiary/aromatic N) is 1. The predicted octanol–water partition coefficient (Wildman–Crippen LogP) is 0.977. The van der Waals surface area contributed by atoms with Crippen molar-refractivity contribution >= 4 is 0 Å². The summed E-state index contributed by atoms with van der Waals surface area (Å²) in [5.41, 5.74) is 0. The van der Waals surface area contributed by atoms with Gasteiger partial charge in [-0.05, 0) is 38.5 Å². The van der Waals surface area contributed by atoms with Crippen LogP contribution in [0.1, 0.15) is 38.5 Å². The summed E-state index contributed by atoms with van der Waals surface area (Å²) in [6.07, 6.45) is 11.9. The lowest BCUT2D eigenvalue weighted by Crippen LogP contribution is -2.47. The van der Waals surface area contributed by atoms with Crippen molar-refractivity contribution < 1.29 is 5.11 Å². The Labute approximate surface area is 105 Å². The first-order chi connectivity index (χ1) is 8.28. The topological polar surface area (TPSA) is 35.5 Å². The largest absolute Gasteiger partial charge is 0.393 e. The van der Waals surface area contributed by atoms with Crippen LogP contribution in [-0.2, 0) is 0 Å². The minimum Gasteiger partial charge on any atom is -0.393 e. The van der Waals surface area contributed by atoms with Gasteiger partial charge < -0.3 is 10.4 Å². The summed E-state index contributed by atoms with van der Waals surface area (Å²) in [5, 5.41) is 13.2. The fraction of sp³-hybridized carbons (Fsp3) is 0.857. The maximum Gasteiger partial charge on any atom is 0.0598 e. The molecule has 1 heterocycles. The lowest BCUT2D eigenvalue weighted by Gasteiger charge is -2.35. The van der Waals surface area contributed by atoms with Gasteiger partial charge in [-0.3, -0.25) is 4.90 Å². The molecule has 96 valence electrons. The Morgan fingerprint density at radius 2 is 1.65 bits per heavy atom. The average molecular weight is 236 g/mol. The molecule has 0 spiro atoms. The fourth-order valence-corrected chi connectivity index (χ4v) is 2.96. The van der Waals surface area contributed by atoms with Crippen LogP contribution >= 0.6 is 0 Å². The van der Waals surface area contributed by atoms with Gasteiger partial charge in [0.05, 0.1) is 12.6 Å². The number of rotatable bonds is 3. The molecule has 2 aliphatic rings. The second-order valence-electron chi connectivity index (χ2n) is 5.43. The van der Waals surface area contributed by atoms with Gasteiger partial charge in [0.15, 0.2) is 0 Å². The van der Waals surface area contributed by atoms with E-state index in [2.05, 4.69) is 16.1 Å². The molecule has 3 heteroatoms. The monoisotopic (exact) mass is 236 g/mol. The standard InChI is InChI=1S/C14H24N2O/c1-2-9-16-10-7-13(8-11-16)15-12-3-5-14(17)6-4-12/h1,12-15,17H,3-11H2. The van der Waals surface area contributed by atoms with E-state index in [1.807, 2.05) is 0 Å². The molecular weight excluding hydrogens is 212 g/mol. The Balaban J connectivity index is 1.66. The van der Waals surface area contributed by atoms with E-state index in [1.54, 1.807) is 0 Å². The Morgan fingerprint density at radius 3 is 2.24 bits per heavy atom. The number of piperidine rings is 1. The second-order valence-corrected chi connectivity index (χ2v) is 5.43. The molecule has 0 aromatic heterocycles. The minimum atomic E-state index is -0.0504. The highest BCUT2D eigenvalue weighted by atomic mass is 16.3. The zero-order valence-electron chi connectivity index (χ0n) is 10.6. The Hall–Kier alpha value is -0.560. The number of hydrogen-bond acceptors (Lipinski definition) is 3. The molecule has 0 aromatic carbocycles. The van der Waals surface area contributed by atoms with Crippen LogP contribution in [0.5, 0.6) is 0 Å². The lowest BCUT2D eigenvalue weighted by atomic mass is 9.91. The molecule has 0 atom stereocenters. The highest BCUT2D eigenvalue weighted by Gasteiger charge is 2.24. The summed E-state index contributed by atoms with van der Waals surface area (Å²) >= 11 is 0. The van der Waals surface area contributed by atoms with E-state index in [4.69, 9.17) is 6.42 Å². The summed E-state index contributed by atoms with van der Waals surface area (Å²) < 4.78 is 0. The highest BCUT2D eigenvalue weighted by molar-refractivity contribution is 4.91. The smallest absolute Gasteiger partial charge is 0.0598 e. The van der Waals surface area contributed by atoms with Crippen molar-refractivity contribution in [1.82, 2.24) is 10.2 Å². The molecule has 2 rings (SSSR count). The number of nitrogens with one attached hydrogen (secondary N) is 1. The summed E-state index contributed by atoms with van der Waals surface area (Å²) in [6, 6.07) is 1.28. The van der Waals surface area contributed by atoms with Crippen LogP contribution in [0.2, 0.25) is 0 Å². The molecule has 1 saturated carbocycles. The zero-order valence-corrected chi connectivity index (χ0v) is 10.6. The van der Waals surface area contributed by atoms with Crippen LogP contribution in [0.15, 0.2) is 0 Å². The molecule has 0 aromatic rings. The molecule has 0 radical (unpaired) electrons. The first-order valence-corrected chi connectivity index (χ1v) is 6.88. The van der Waals surface area contributed by atoms with Crippen LogP contribution in [0, 0.1) is 12.3 Å². The maximum atomic E-state index is 9.47. The van der Waals surface area contributed by atoms with Gasteiger partial charge in [0.25, 0.3) is 0 Å². The summed E-state index contributed by atoms with van der Waals surface area (Å²) in [7, 11) is 0. The van der Waals surface area contributed by atoms with Gasteiger partial charge in [0.1, 0.15) is 0 Å². The molecule has 1 aliphatic carbocycles. The van der Waals surface area contributed by atoms with Crippen molar-refractivity contribution in [2.24, 2.45) is 0 Å². The molecule has 0 bridgehead atoms. The molecule has 17 heavy (non-hydrogen) atoms. The van der Waals surface area contributed by atoms with Gasteiger partial charge in [-0.25, -0.2) is 0 Å². The third kappa shape index (κ3) is 3.99. The van der Waals surface area contributed by atoms with E-state index in [9.17, 15) is 5.11 Å². The summed E-state index contributed by atoms with van der Waals surface area (Å²) in [4.78, 5) is 2.35. The molecule has 0 amide bonds. The maximum absolute atomic E-state index is 9.47. The number of aliphatic hydroxyl groups is 1. The van der Waals surface area contributed by atoms with Gasteiger partial charge in [-0.15, -0.1) is 6.42 Å². The Morgan fingerprint density at radius 1 is 1.06 bits per heavy atom. The normalized spacial score (nSPS) is 32.2. The van der Waals surface area contributed by atoms with Gasteiger partial charge in [-0.2, -0.15) is 0 Å². The van der Waals surface area contributed by atoms with Crippen LogP contribution in [-0.4, -0.2) is 47.8 Å². The predicted molar refractivity (Wildman–Crippen MR) is 69.7 cm³/mol. The van der Waals surface area contributed by atoms with Gasteiger partial charge in [-0.1, -0.05) is 5.92 Å². The van der Waals surface area contributed by atoms with Crippen molar-refractivity contribution in [3.63, 3.8) is 0 Å². The van der Waals surface area contributed by atoms with Crippen LogP contribution in [0.4, 0.5) is 0 Å². The van der Waals surface area contributed by atoms with Gasteiger partial charge >= 0.3 is 0 Å². The number of terminal acetylenes is 1. The van der Waals surface area contributed by atoms with E-state index in [0.29, 0.717) is 12.1 Å². The average Bonchev–Trinajstić information content (AvgIpc) is 2.35. The van der Waals surface area contributed by atoms with Crippen molar-refractivity contribution in [2.45, 2.75) is 56.7 Å². The molecule has 0 unspecified atom stereocenters. The van der Waals surface area contributed by atoms with Crippen molar-refractivity contribution in [3.05, 3.63) is 0 Å². The summed E-state index contributed by atoms with van der Waals surface area (Å²) in [5.74, 6) is 2.72. The number of hydrogen-bond donors (Lipinski definition) is 2. The number of aliphatic hydroxyl groups excluding tert-OH is 1. The van der Waals surface area contributed by atoms with Crippen LogP contribution < -0.4 is 5.32 Å². The van der Waals surface area contributed by atoms with Gasteiger partial charge in [0.2, 0.25) is 0 Å². The van der Waals surface area contributed by atoms with Gasteiger partial charge in [0, 0.05) is 25.2 Å². The second kappa shape index (κ2) is 6.39. The summed E-state index contributed by atoms with van der Waals surface area (Å²) in [6.45, 7) is 3.04. The number of likely N-dealkylation sites (tertiary alicyclic amines) is 1. The highest BCUT2D eigenvalue weighted by Crippen LogP contribution is 2.20. The quantitative estimate of drug-likeness (QED) is 0.717. The van der Waals surface area contributed by atoms with E-state index in [-0.39, 0.29) is 6.10 Å². The molecule has 2 fully saturated rings. The van der Waals surface area contributed by atoms with E-state index in [1.165, 1.54) is 12.8 Å². The Bertz CT molecular complexity index is 258. The van der Waals surface area contributed by atoms with E-state index < -0.39 is 0 Å². The lowest BCUT2D eigenvalue weighted by molar-refractivity contribution is 0.109. The van der Waals surface area contributed by atoms with Crippen LogP contribution in [0.3, 0.4) is 0 Å². The molecular formula is C14H24N2O. The van der Waals surface area contributed by atoms with E-state index in [0.717, 1.165) is 45.3 Å². The zero-order chi connectivity index (χ0) is 12.1. The fourth-order valence-electron chi connectivity index (χ4n) is 2.96. The molecule has 3 nitrogen and oxygen atoms in total. The van der Waals surface area contributed by atoms with Crippen molar-refractivity contribution in [2.75, 3.05) is 19.6 Å². The minimum absolute atomic E-state index is 0.0504. The molecule has 1 aliphatic heterocycles. The third-order valence-electron chi connectivity index (χ3n) is 4.07. The first-order valence-electron chi connectivity index (χ1n) is 6.88. The van der Waals surface area contributed by atoms with Crippen LogP contribution in [0.25, 0.3) is 0 Å². The van der Waals surface area contributed by atoms with Crippen molar-refractivity contribution in [1.29, 1.82) is 0 Å². The Kier molecular flexibility index (Phi) is 4.85. The SMILES string of the molecule is C#CCN1CCC(NC2CCC(O)CC2)CC1.